The highest BCUT2D eigenvalue weighted by Crippen LogP contribution is 2.39. The lowest BCUT2D eigenvalue weighted by molar-refractivity contribution is -0.119. The Labute approximate surface area is 169 Å². The van der Waals surface area contributed by atoms with Gasteiger partial charge in [-0.2, -0.15) is 0 Å². The number of nitrogens with zero attached hydrogens (tertiary/aromatic N) is 2. The maximum Gasteiger partial charge on any atom is 0.261 e. The van der Waals surface area contributed by atoms with Crippen molar-refractivity contribution < 1.29 is 4.79 Å². The van der Waals surface area contributed by atoms with Crippen LogP contribution in [-0.2, 0) is 18.3 Å². The Balaban J connectivity index is 1.45. The predicted octanol–water partition coefficient (Wildman–Crippen LogP) is 3.63. The molecule has 0 fully saturated rings. The van der Waals surface area contributed by atoms with Crippen LogP contribution in [0.2, 0.25) is 0 Å². The standard InChI is InChI=1S/C22H25N3O2S/c1-14(15-8-4-3-5-9-15)23-19(26)13-28-22-24-18-12-16-10-6-7-11-17(16)20(18)21(27)25(22)2/h3-5,8-9,14H,6-7,10-13H2,1-2H3,(H,23,26)/t14-/m1/s1. The van der Waals surface area contributed by atoms with E-state index in [0.29, 0.717) is 5.16 Å². The first kappa shape index (κ1) is 19.0. The number of allylic oxidation sites excluding steroid dienone is 2. The van der Waals surface area contributed by atoms with Crippen molar-refractivity contribution in [3.8, 4) is 0 Å². The van der Waals surface area contributed by atoms with Gasteiger partial charge in [-0.15, -0.1) is 0 Å². The Bertz CT molecular complexity index is 995. The van der Waals surface area contributed by atoms with Gasteiger partial charge in [-0.3, -0.25) is 14.2 Å². The van der Waals surface area contributed by atoms with E-state index in [1.165, 1.54) is 29.3 Å². The second kappa shape index (κ2) is 7.95. The van der Waals surface area contributed by atoms with Crippen LogP contribution in [0.5, 0.6) is 0 Å². The summed E-state index contributed by atoms with van der Waals surface area (Å²) in [6.45, 7) is 1.97. The van der Waals surface area contributed by atoms with Crippen molar-refractivity contribution in [1.29, 1.82) is 0 Å². The normalized spacial score (nSPS) is 16.5. The summed E-state index contributed by atoms with van der Waals surface area (Å²) in [7, 11) is 1.75. The highest BCUT2D eigenvalue weighted by atomic mass is 32.2. The highest BCUT2D eigenvalue weighted by Gasteiger charge is 2.29. The summed E-state index contributed by atoms with van der Waals surface area (Å²) in [4.78, 5) is 30.0. The smallest absolute Gasteiger partial charge is 0.261 e. The molecule has 1 N–H and O–H groups in total. The van der Waals surface area contributed by atoms with Crippen LogP contribution in [-0.4, -0.2) is 21.2 Å². The minimum absolute atomic E-state index is 0.0254. The largest absolute Gasteiger partial charge is 0.349 e. The number of fused-ring (bicyclic) bond motifs is 2. The Hall–Kier alpha value is -2.34. The number of rotatable bonds is 5. The number of hydrogen-bond acceptors (Lipinski definition) is 4. The van der Waals surface area contributed by atoms with Crippen LogP contribution in [0.15, 0.2) is 45.9 Å². The lowest BCUT2D eigenvalue weighted by atomic mass is 9.92. The van der Waals surface area contributed by atoms with E-state index in [2.05, 4.69) is 5.32 Å². The van der Waals surface area contributed by atoms with E-state index in [-0.39, 0.29) is 23.3 Å². The number of aromatic nitrogens is 2. The Morgan fingerprint density at radius 3 is 2.79 bits per heavy atom. The van der Waals surface area contributed by atoms with Crippen LogP contribution in [0.25, 0.3) is 5.57 Å². The summed E-state index contributed by atoms with van der Waals surface area (Å²) in [5, 5.41) is 3.63. The Morgan fingerprint density at radius 2 is 2.00 bits per heavy atom. The SMILES string of the molecule is C[C@@H](NC(=O)CSc1nc2c(c(=O)n1C)C1=C(CCCC1)C2)c1ccccc1. The molecule has 0 saturated heterocycles. The van der Waals surface area contributed by atoms with E-state index < -0.39 is 0 Å². The number of nitrogens with one attached hydrogen (secondary N) is 1. The zero-order chi connectivity index (χ0) is 19.7. The summed E-state index contributed by atoms with van der Waals surface area (Å²) in [5.74, 6) is 0.178. The molecule has 4 rings (SSSR count). The third-order valence-corrected chi connectivity index (χ3v) is 6.63. The van der Waals surface area contributed by atoms with Gasteiger partial charge in [0.05, 0.1) is 23.1 Å². The summed E-state index contributed by atoms with van der Waals surface area (Å²) >= 11 is 1.33. The first-order chi connectivity index (χ1) is 13.5. The van der Waals surface area contributed by atoms with Gasteiger partial charge in [0.2, 0.25) is 5.91 Å². The van der Waals surface area contributed by atoms with Gasteiger partial charge in [0.1, 0.15) is 0 Å². The molecule has 0 saturated carbocycles. The molecule has 0 radical (unpaired) electrons. The van der Waals surface area contributed by atoms with Crippen LogP contribution in [0, 0.1) is 0 Å². The summed E-state index contributed by atoms with van der Waals surface area (Å²) in [6, 6.07) is 9.83. The monoisotopic (exact) mass is 395 g/mol. The molecule has 0 unspecified atom stereocenters. The van der Waals surface area contributed by atoms with Gasteiger partial charge in [-0.05, 0) is 43.7 Å². The fourth-order valence-corrected chi connectivity index (χ4v) is 4.88. The van der Waals surface area contributed by atoms with Crippen molar-refractivity contribution in [3.05, 3.63) is 63.1 Å². The summed E-state index contributed by atoms with van der Waals surface area (Å²) in [5.41, 5.74) is 5.44. The lowest BCUT2D eigenvalue weighted by Crippen LogP contribution is -2.29. The van der Waals surface area contributed by atoms with Gasteiger partial charge in [-0.1, -0.05) is 47.7 Å². The van der Waals surface area contributed by atoms with Gasteiger partial charge < -0.3 is 5.32 Å². The number of carbonyl (C=O) groups is 1. The Morgan fingerprint density at radius 1 is 1.25 bits per heavy atom. The van der Waals surface area contributed by atoms with Gasteiger partial charge >= 0.3 is 0 Å². The average molecular weight is 396 g/mol. The van der Waals surface area contributed by atoms with E-state index in [4.69, 9.17) is 4.98 Å². The molecule has 6 heteroatoms. The van der Waals surface area contributed by atoms with E-state index in [1.54, 1.807) is 11.6 Å². The van der Waals surface area contributed by atoms with Crippen LogP contribution in [0.1, 0.15) is 55.5 Å². The number of carbonyl (C=O) groups excluding carboxylic acids is 1. The maximum absolute atomic E-state index is 12.9. The predicted molar refractivity (Wildman–Crippen MR) is 112 cm³/mol. The Kier molecular flexibility index (Phi) is 5.40. The van der Waals surface area contributed by atoms with E-state index in [9.17, 15) is 9.59 Å². The molecule has 1 atom stereocenters. The van der Waals surface area contributed by atoms with Gasteiger partial charge in [0.25, 0.3) is 5.56 Å². The van der Waals surface area contributed by atoms with E-state index in [0.717, 1.165) is 42.5 Å². The number of thioether (sulfide) groups is 1. The number of benzene rings is 1. The molecule has 0 spiro atoms. The highest BCUT2D eigenvalue weighted by molar-refractivity contribution is 7.99. The zero-order valence-electron chi connectivity index (χ0n) is 16.3. The van der Waals surface area contributed by atoms with Crippen LogP contribution >= 0.6 is 11.8 Å². The molecule has 1 aromatic carbocycles. The molecule has 0 aliphatic heterocycles. The van der Waals surface area contributed by atoms with Gasteiger partial charge in [0.15, 0.2) is 5.16 Å². The van der Waals surface area contributed by atoms with Crippen LogP contribution in [0.3, 0.4) is 0 Å². The fourth-order valence-electron chi connectivity index (χ4n) is 4.09. The zero-order valence-corrected chi connectivity index (χ0v) is 17.1. The van der Waals surface area contributed by atoms with Crippen LogP contribution < -0.4 is 10.9 Å². The molecule has 1 amide bonds. The molecule has 2 aliphatic rings. The minimum atomic E-state index is -0.0616. The van der Waals surface area contributed by atoms with Crippen molar-refractivity contribution in [3.63, 3.8) is 0 Å². The molecule has 5 nitrogen and oxygen atoms in total. The van der Waals surface area contributed by atoms with Crippen molar-refractivity contribution in [2.75, 3.05) is 5.75 Å². The minimum Gasteiger partial charge on any atom is -0.349 e. The van der Waals surface area contributed by atoms with Crippen molar-refractivity contribution in [1.82, 2.24) is 14.9 Å². The maximum atomic E-state index is 12.9. The summed E-state index contributed by atoms with van der Waals surface area (Å²) in [6.07, 6.45) is 5.22. The molecule has 146 valence electrons. The molecule has 2 aromatic rings. The number of hydrogen-bond donors (Lipinski definition) is 1. The molecular weight excluding hydrogens is 370 g/mol. The molecular formula is C22H25N3O2S. The molecule has 1 aromatic heterocycles. The van der Waals surface area contributed by atoms with Crippen molar-refractivity contribution >= 4 is 23.2 Å². The van der Waals surface area contributed by atoms with Gasteiger partial charge in [0, 0.05) is 13.5 Å². The van der Waals surface area contributed by atoms with E-state index in [1.807, 2.05) is 37.3 Å². The first-order valence-electron chi connectivity index (χ1n) is 9.83. The molecule has 0 bridgehead atoms. The summed E-state index contributed by atoms with van der Waals surface area (Å²) < 4.78 is 1.60. The van der Waals surface area contributed by atoms with Crippen molar-refractivity contribution in [2.24, 2.45) is 7.05 Å². The second-order valence-corrected chi connectivity index (χ2v) is 8.48. The van der Waals surface area contributed by atoms with Gasteiger partial charge in [-0.25, -0.2) is 4.98 Å². The van der Waals surface area contributed by atoms with E-state index >= 15 is 0 Å². The first-order valence-corrected chi connectivity index (χ1v) is 10.8. The van der Waals surface area contributed by atoms with Crippen LogP contribution in [0.4, 0.5) is 0 Å². The van der Waals surface area contributed by atoms with Crippen molar-refractivity contribution in [2.45, 2.75) is 50.2 Å². The quantitative estimate of drug-likeness (QED) is 0.620. The fraction of sp³-hybridized carbons (Fsp3) is 0.409. The molecule has 1 heterocycles. The lowest BCUT2D eigenvalue weighted by Gasteiger charge is -2.15. The molecule has 28 heavy (non-hydrogen) atoms. The third-order valence-electron chi connectivity index (χ3n) is 5.60. The average Bonchev–Trinajstić information content (AvgIpc) is 3.08. The second-order valence-electron chi connectivity index (χ2n) is 7.53. The topological polar surface area (TPSA) is 64.0 Å². The molecule has 2 aliphatic carbocycles. The number of amides is 1. The third kappa shape index (κ3) is 3.65.